The summed E-state index contributed by atoms with van der Waals surface area (Å²) in [6.07, 6.45) is 0. The number of hydrogen-bond donors (Lipinski definition) is 0. The van der Waals surface area contributed by atoms with Gasteiger partial charge in [0.2, 0.25) is 0 Å². The van der Waals surface area contributed by atoms with Crippen molar-refractivity contribution in [1.82, 2.24) is 9.97 Å². The molecule has 0 radical (unpaired) electrons. The van der Waals surface area contributed by atoms with Crippen LogP contribution in [0.5, 0.6) is 0 Å². The summed E-state index contributed by atoms with van der Waals surface area (Å²) in [5.74, 6) is 1.09. The Morgan fingerprint density at radius 3 is 2.81 bits per heavy atom. The molecule has 0 N–H and O–H groups in total. The van der Waals surface area contributed by atoms with Crippen molar-refractivity contribution in [2.45, 2.75) is 27.3 Å². The van der Waals surface area contributed by atoms with Gasteiger partial charge in [0.15, 0.2) is 0 Å². The minimum atomic E-state index is -0.328. The number of nitriles is 1. The fraction of sp³-hybridized carbons (Fsp3) is 0.300. The summed E-state index contributed by atoms with van der Waals surface area (Å²) in [6, 6.07) is 9.66. The summed E-state index contributed by atoms with van der Waals surface area (Å²) in [5.41, 5.74) is 2.47. The third-order valence-corrected chi connectivity index (χ3v) is 5.35. The Kier molecular flexibility index (Phi) is 5.38. The van der Waals surface area contributed by atoms with E-state index < -0.39 is 0 Å². The van der Waals surface area contributed by atoms with Crippen LogP contribution in [0.4, 0.5) is 5.82 Å². The molecular formula is C20H20N4O2S. The van der Waals surface area contributed by atoms with Crippen LogP contribution in [0.2, 0.25) is 0 Å². The van der Waals surface area contributed by atoms with Gasteiger partial charge in [-0.3, -0.25) is 0 Å². The molecule has 6 nitrogen and oxygen atoms in total. The fourth-order valence-electron chi connectivity index (χ4n) is 2.98. The molecule has 3 aromatic rings. The number of nitrogens with zero attached hydrogens (tertiary/aromatic N) is 4. The molecule has 0 unspecified atom stereocenters. The average Bonchev–Trinajstić information content (AvgIpc) is 2.97. The van der Waals surface area contributed by atoms with Crippen LogP contribution in [-0.4, -0.2) is 29.6 Å². The maximum Gasteiger partial charge on any atom is 0.348 e. The topological polar surface area (TPSA) is 79.1 Å². The maximum atomic E-state index is 12.3. The molecule has 0 aliphatic carbocycles. The number of anilines is 1. The third-order valence-electron chi connectivity index (χ3n) is 4.18. The minimum absolute atomic E-state index is 0.328. The lowest BCUT2D eigenvalue weighted by molar-refractivity contribution is 0.0531. The average molecular weight is 380 g/mol. The normalized spacial score (nSPS) is 10.6. The number of esters is 1. The van der Waals surface area contributed by atoms with Crippen molar-refractivity contribution >= 4 is 33.3 Å². The smallest absolute Gasteiger partial charge is 0.348 e. The number of fused-ring (bicyclic) bond motifs is 1. The van der Waals surface area contributed by atoms with E-state index in [-0.39, 0.29) is 5.97 Å². The first-order valence-corrected chi connectivity index (χ1v) is 9.41. The first-order chi connectivity index (χ1) is 12.9. The zero-order chi connectivity index (χ0) is 19.6. The van der Waals surface area contributed by atoms with E-state index in [9.17, 15) is 4.79 Å². The van der Waals surface area contributed by atoms with Crippen molar-refractivity contribution in [3.63, 3.8) is 0 Å². The number of benzene rings is 1. The molecule has 7 heteroatoms. The van der Waals surface area contributed by atoms with E-state index in [4.69, 9.17) is 10.00 Å². The quantitative estimate of drug-likeness (QED) is 0.623. The van der Waals surface area contributed by atoms with Crippen molar-refractivity contribution in [3.8, 4) is 6.07 Å². The highest BCUT2D eigenvalue weighted by atomic mass is 32.1. The lowest BCUT2D eigenvalue weighted by atomic mass is 10.1. The van der Waals surface area contributed by atoms with E-state index in [0.29, 0.717) is 29.4 Å². The first-order valence-electron chi connectivity index (χ1n) is 8.59. The second-order valence-electron chi connectivity index (χ2n) is 6.22. The van der Waals surface area contributed by atoms with Crippen LogP contribution in [0.3, 0.4) is 0 Å². The van der Waals surface area contributed by atoms with Gasteiger partial charge in [0.05, 0.1) is 23.6 Å². The summed E-state index contributed by atoms with van der Waals surface area (Å²) in [7, 11) is 1.95. The van der Waals surface area contributed by atoms with Crippen LogP contribution in [0.15, 0.2) is 24.3 Å². The molecule has 138 valence electrons. The Balaban J connectivity index is 2.04. The Morgan fingerprint density at radius 2 is 2.11 bits per heavy atom. The van der Waals surface area contributed by atoms with Crippen LogP contribution >= 0.6 is 11.3 Å². The fourth-order valence-corrected chi connectivity index (χ4v) is 4.09. The third kappa shape index (κ3) is 3.76. The maximum absolute atomic E-state index is 12.3. The SMILES string of the molecule is CCOC(=O)c1sc2nc(C)nc(N(C)Cc3cccc(C#N)c3)c2c1C. The second-order valence-corrected chi connectivity index (χ2v) is 7.22. The lowest BCUT2D eigenvalue weighted by Crippen LogP contribution is -2.19. The van der Waals surface area contributed by atoms with E-state index in [0.717, 1.165) is 27.2 Å². The van der Waals surface area contributed by atoms with E-state index in [1.807, 2.05) is 44.0 Å². The van der Waals surface area contributed by atoms with Crippen molar-refractivity contribution in [2.24, 2.45) is 0 Å². The number of aryl methyl sites for hydroxylation is 2. The van der Waals surface area contributed by atoms with E-state index in [1.165, 1.54) is 11.3 Å². The summed E-state index contributed by atoms with van der Waals surface area (Å²) in [6.45, 7) is 6.45. The number of rotatable bonds is 5. The van der Waals surface area contributed by atoms with Crippen molar-refractivity contribution in [1.29, 1.82) is 5.26 Å². The van der Waals surface area contributed by atoms with Gasteiger partial charge in [-0.15, -0.1) is 11.3 Å². The lowest BCUT2D eigenvalue weighted by Gasteiger charge is -2.20. The number of carbonyl (C=O) groups excluding carboxylic acids is 1. The number of hydrogen-bond acceptors (Lipinski definition) is 7. The second kappa shape index (κ2) is 7.72. The number of carbonyl (C=O) groups is 1. The Labute approximate surface area is 162 Å². The van der Waals surface area contributed by atoms with Crippen LogP contribution in [0.1, 0.15) is 39.1 Å². The largest absolute Gasteiger partial charge is 0.462 e. The zero-order valence-corrected chi connectivity index (χ0v) is 16.6. The molecule has 0 aliphatic heterocycles. The molecule has 0 saturated heterocycles. The van der Waals surface area contributed by atoms with Crippen LogP contribution in [0, 0.1) is 25.2 Å². The van der Waals surface area contributed by atoms with Crippen LogP contribution in [0.25, 0.3) is 10.2 Å². The number of thiophene rings is 1. The van der Waals surface area contributed by atoms with Gasteiger partial charge in [-0.25, -0.2) is 14.8 Å². The summed E-state index contributed by atoms with van der Waals surface area (Å²) < 4.78 is 5.17. The monoisotopic (exact) mass is 380 g/mol. The molecule has 0 amide bonds. The van der Waals surface area contributed by atoms with Crippen LogP contribution < -0.4 is 4.90 Å². The molecule has 0 fully saturated rings. The molecule has 27 heavy (non-hydrogen) atoms. The number of aromatic nitrogens is 2. The van der Waals surface area contributed by atoms with E-state index >= 15 is 0 Å². The van der Waals surface area contributed by atoms with Crippen LogP contribution in [-0.2, 0) is 11.3 Å². The summed E-state index contributed by atoms with van der Waals surface area (Å²) in [5, 5.41) is 9.97. The zero-order valence-electron chi connectivity index (χ0n) is 15.7. The van der Waals surface area contributed by atoms with Gasteiger partial charge in [0.25, 0.3) is 0 Å². The summed E-state index contributed by atoms with van der Waals surface area (Å²) in [4.78, 5) is 24.7. The highest BCUT2D eigenvalue weighted by Crippen LogP contribution is 2.36. The van der Waals surface area contributed by atoms with Gasteiger partial charge in [0.1, 0.15) is 21.3 Å². The van der Waals surface area contributed by atoms with Gasteiger partial charge in [-0.05, 0) is 44.0 Å². The molecule has 0 aliphatic rings. The Morgan fingerprint density at radius 1 is 1.33 bits per heavy atom. The minimum Gasteiger partial charge on any atom is -0.462 e. The predicted octanol–water partition coefficient (Wildman–Crippen LogP) is 3.99. The summed E-state index contributed by atoms with van der Waals surface area (Å²) >= 11 is 1.33. The standard InChI is InChI=1S/C20H20N4O2S/c1-5-26-20(25)17-12(2)16-18(22-13(3)23-19(16)27-17)24(4)11-15-8-6-7-14(9-15)10-21/h6-9H,5,11H2,1-4H3. The molecule has 1 aromatic carbocycles. The van der Waals surface area contributed by atoms with Gasteiger partial charge < -0.3 is 9.64 Å². The Hall–Kier alpha value is -2.98. The molecule has 0 saturated carbocycles. The number of ether oxygens (including phenoxy) is 1. The van der Waals surface area contributed by atoms with Gasteiger partial charge in [-0.2, -0.15) is 5.26 Å². The van der Waals surface area contributed by atoms with Gasteiger partial charge in [-0.1, -0.05) is 12.1 Å². The molecule has 3 rings (SSSR count). The molecule has 2 heterocycles. The predicted molar refractivity (Wildman–Crippen MR) is 106 cm³/mol. The van der Waals surface area contributed by atoms with E-state index in [1.54, 1.807) is 13.0 Å². The van der Waals surface area contributed by atoms with E-state index in [2.05, 4.69) is 16.0 Å². The highest BCUT2D eigenvalue weighted by molar-refractivity contribution is 7.20. The molecule has 0 spiro atoms. The van der Waals surface area contributed by atoms with Crippen molar-refractivity contribution in [3.05, 3.63) is 51.7 Å². The molecule has 0 atom stereocenters. The molecule has 0 bridgehead atoms. The van der Waals surface area contributed by atoms with Crippen molar-refractivity contribution < 1.29 is 9.53 Å². The highest BCUT2D eigenvalue weighted by Gasteiger charge is 2.22. The first kappa shape index (κ1) is 18.8. The molecule has 2 aromatic heterocycles. The molecular weight excluding hydrogens is 360 g/mol. The van der Waals surface area contributed by atoms with Gasteiger partial charge in [0, 0.05) is 13.6 Å². The van der Waals surface area contributed by atoms with Gasteiger partial charge >= 0.3 is 5.97 Å². The van der Waals surface area contributed by atoms with Crippen molar-refractivity contribution in [2.75, 3.05) is 18.6 Å². The Bertz CT molecular complexity index is 1050.